The van der Waals surface area contributed by atoms with Gasteiger partial charge in [0.15, 0.2) is 0 Å². The normalized spacial score (nSPS) is 22.2. The van der Waals surface area contributed by atoms with Gasteiger partial charge in [-0.3, -0.25) is 4.79 Å². The summed E-state index contributed by atoms with van der Waals surface area (Å²) in [5, 5.41) is 9.19. The lowest BCUT2D eigenvalue weighted by Gasteiger charge is -2.42. The molecule has 9 nitrogen and oxygen atoms in total. The molecule has 1 saturated heterocycles. The molecule has 0 radical (unpaired) electrons. The number of hydrogen-bond acceptors (Lipinski definition) is 8. The van der Waals surface area contributed by atoms with Gasteiger partial charge in [0.05, 0.1) is 53.7 Å². The molecular weight excluding hydrogens is 607 g/mol. The summed E-state index contributed by atoms with van der Waals surface area (Å²) in [6.07, 6.45) is 2.25. The van der Waals surface area contributed by atoms with Crippen molar-refractivity contribution in [1.82, 2.24) is 19.8 Å². The fraction of sp³-hybridized carbons (Fsp3) is 0.562. The van der Waals surface area contributed by atoms with Gasteiger partial charge in [0.1, 0.15) is 5.82 Å². The number of ether oxygens (including phenoxy) is 1. The average Bonchev–Trinajstić information content (AvgIpc) is 3.48. The van der Waals surface area contributed by atoms with Crippen LogP contribution in [0.3, 0.4) is 0 Å². The van der Waals surface area contributed by atoms with Crippen molar-refractivity contribution in [2.24, 2.45) is 5.92 Å². The number of anilines is 2. The molecule has 5 rings (SSSR count). The van der Waals surface area contributed by atoms with Crippen LogP contribution in [0.5, 0.6) is 6.01 Å². The first-order chi connectivity index (χ1) is 21.5. The summed E-state index contributed by atoms with van der Waals surface area (Å²) >= 11 is 6.05. The number of nitriles is 1. The number of rotatable bonds is 8. The molecule has 2 aliphatic heterocycles. The van der Waals surface area contributed by atoms with Crippen LogP contribution in [0.15, 0.2) is 30.4 Å². The molecule has 3 heterocycles. The van der Waals surface area contributed by atoms with Crippen molar-refractivity contribution in [2.75, 3.05) is 56.7 Å². The molecule has 0 spiro atoms. The maximum absolute atomic E-state index is 14.1. The Bertz CT molecular complexity index is 1460. The second-order valence-electron chi connectivity index (χ2n) is 12.2. The average molecular weight is 646 g/mol. The lowest BCUT2D eigenvalue weighted by molar-refractivity contribution is -0.137. The Balaban J connectivity index is 1.46. The summed E-state index contributed by atoms with van der Waals surface area (Å²) in [5.41, 5.74) is 0.579. The van der Waals surface area contributed by atoms with Crippen molar-refractivity contribution in [3.8, 4) is 12.1 Å². The number of alkyl halides is 3. The van der Waals surface area contributed by atoms with Crippen molar-refractivity contribution in [3.05, 3.63) is 52.2 Å². The molecule has 45 heavy (non-hydrogen) atoms. The van der Waals surface area contributed by atoms with Gasteiger partial charge < -0.3 is 24.3 Å². The number of benzene rings is 1. The van der Waals surface area contributed by atoms with Crippen LogP contribution in [0.2, 0.25) is 5.02 Å². The predicted molar refractivity (Wildman–Crippen MR) is 166 cm³/mol. The van der Waals surface area contributed by atoms with Gasteiger partial charge in [0, 0.05) is 37.8 Å². The highest BCUT2D eigenvalue weighted by molar-refractivity contribution is 6.31. The van der Waals surface area contributed by atoms with Crippen LogP contribution in [0.25, 0.3) is 0 Å². The third-order valence-corrected chi connectivity index (χ3v) is 9.35. The minimum absolute atomic E-state index is 0.00848. The van der Waals surface area contributed by atoms with Crippen LogP contribution in [-0.4, -0.2) is 84.6 Å². The zero-order valence-electron chi connectivity index (χ0n) is 25.9. The number of fused-ring (bicyclic) bond motifs is 1. The Morgan fingerprint density at radius 3 is 2.69 bits per heavy atom. The molecule has 2 fully saturated rings. The van der Waals surface area contributed by atoms with Crippen molar-refractivity contribution >= 4 is 29.0 Å². The number of amides is 1. The quantitative estimate of drug-likeness (QED) is 0.356. The molecule has 3 aliphatic rings. The topological polar surface area (TPSA) is 88.8 Å². The number of hydrogen-bond donors (Lipinski definition) is 0. The first-order valence-corrected chi connectivity index (χ1v) is 15.7. The minimum atomic E-state index is -4.62. The maximum atomic E-state index is 14.1. The van der Waals surface area contributed by atoms with Crippen molar-refractivity contribution in [3.63, 3.8) is 0 Å². The van der Waals surface area contributed by atoms with Gasteiger partial charge in [-0.1, -0.05) is 23.7 Å². The fourth-order valence-corrected chi connectivity index (χ4v) is 6.97. The van der Waals surface area contributed by atoms with E-state index in [1.54, 1.807) is 22.8 Å². The number of nitrogens with zero attached hydrogens (tertiary/aromatic N) is 7. The van der Waals surface area contributed by atoms with Gasteiger partial charge in [-0.05, 0) is 70.8 Å². The molecule has 1 saturated carbocycles. The number of allylic oxidation sites excluding steroid dienone is 1. The van der Waals surface area contributed by atoms with E-state index in [9.17, 15) is 23.2 Å². The monoisotopic (exact) mass is 645 g/mol. The van der Waals surface area contributed by atoms with Gasteiger partial charge in [-0.2, -0.15) is 28.4 Å². The Morgan fingerprint density at radius 1 is 1.20 bits per heavy atom. The van der Waals surface area contributed by atoms with Crippen molar-refractivity contribution < 1.29 is 22.7 Å². The van der Waals surface area contributed by atoms with Crippen molar-refractivity contribution in [1.29, 1.82) is 5.26 Å². The van der Waals surface area contributed by atoms with Crippen LogP contribution in [0, 0.1) is 17.2 Å². The molecule has 0 unspecified atom stereocenters. The van der Waals surface area contributed by atoms with E-state index in [4.69, 9.17) is 26.3 Å². The number of halogens is 4. The Hall–Kier alpha value is -3.56. The van der Waals surface area contributed by atoms with Crippen LogP contribution >= 0.6 is 11.6 Å². The fourth-order valence-electron chi connectivity index (χ4n) is 6.69. The second kappa shape index (κ2) is 13.8. The molecular formula is C32H39ClF3N7O2. The highest BCUT2D eigenvalue weighted by Gasteiger charge is 2.39. The van der Waals surface area contributed by atoms with Crippen molar-refractivity contribution in [2.45, 2.75) is 63.8 Å². The summed E-state index contributed by atoms with van der Waals surface area (Å²) in [7, 11) is 4.15. The molecule has 1 aromatic carbocycles. The van der Waals surface area contributed by atoms with Gasteiger partial charge in [0.2, 0.25) is 5.91 Å². The minimum Gasteiger partial charge on any atom is -0.463 e. The van der Waals surface area contributed by atoms with Gasteiger partial charge in [-0.25, -0.2) is 0 Å². The molecule has 0 N–H and O–H groups in total. The Morgan fingerprint density at radius 2 is 2.00 bits per heavy atom. The highest BCUT2D eigenvalue weighted by atomic mass is 35.5. The van der Waals surface area contributed by atoms with E-state index in [0.29, 0.717) is 62.7 Å². The van der Waals surface area contributed by atoms with E-state index in [1.807, 2.05) is 0 Å². The molecule has 1 amide bonds. The molecule has 1 aliphatic carbocycles. The smallest absolute Gasteiger partial charge is 0.419 e. The molecule has 3 atom stereocenters. The first kappa shape index (κ1) is 32.8. The number of aromatic nitrogens is 2. The van der Waals surface area contributed by atoms with E-state index in [1.165, 1.54) is 24.3 Å². The third-order valence-electron chi connectivity index (χ3n) is 9.03. The van der Waals surface area contributed by atoms with E-state index < -0.39 is 11.7 Å². The van der Waals surface area contributed by atoms with Crippen LogP contribution < -0.4 is 14.5 Å². The molecule has 2 aromatic rings. The third kappa shape index (κ3) is 7.31. The molecule has 0 bridgehead atoms. The van der Waals surface area contributed by atoms with E-state index in [2.05, 4.69) is 30.0 Å². The summed E-state index contributed by atoms with van der Waals surface area (Å²) in [6.45, 7) is 3.93. The number of carbonyl (C=O) groups is 1. The van der Waals surface area contributed by atoms with Crippen LogP contribution in [0.1, 0.15) is 49.4 Å². The maximum Gasteiger partial charge on any atom is 0.419 e. The van der Waals surface area contributed by atoms with E-state index in [0.717, 1.165) is 24.8 Å². The lowest BCUT2D eigenvalue weighted by Crippen LogP contribution is -2.55. The SMILES string of the molecule is C/C=C/C(=O)N1CCN(c2nc(OC[C@H]3CC[C@@H](N(C)C)C3)nc3c2CCN(c2cccc(Cl)c2C(F)(F)F)C3)C[C@@H]1CC#N. The zero-order chi connectivity index (χ0) is 32.3. The summed E-state index contributed by atoms with van der Waals surface area (Å²) in [5.74, 6) is 0.853. The zero-order valence-corrected chi connectivity index (χ0v) is 26.6. The largest absolute Gasteiger partial charge is 0.463 e. The summed E-state index contributed by atoms with van der Waals surface area (Å²) < 4.78 is 48.4. The highest BCUT2D eigenvalue weighted by Crippen LogP contribution is 2.43. The van der Waals surface area contributed by atoms with Crippen LogP contribution in [-0.2, 0) is 23.9 Å². The van der Waals surface area contributed by atoms with Gasteiger partial charge in [0.25, 0.3) is 0 Å². The molecule has 13 heteroatoms. The van der Waals surface area contributed by atoms with Gasteiger partial charge >= 0.3 is 12.2 Å². The Kier molecular flexibility index (Phi) is 10.1. The van der Waals surface area contributed by atoms with E-state index >= 15 is 0 Å². The molecule has 1 aromatic heterocycles. The van der Waals surface area contributed by atoms with Gasteiger partial charge in [-0.15, -0.1) is 0 Å². The number of carbonyl (C=O) groups excluding carboxylic acids is 1. The molecule has 242 valence electrons. The second-order valence-corrected chi connectivity index (χ2v) is 12.6. The van der Waals surface area contributed by atoms with E-state index in [-0.39, 0.29) is 41.6 Å². The summed E-state index contributed by atoms with van der Waals surface area (Å²) in [4.78, 5) is 30.0. The Labute approximate surface area is 267 Å². The standard InChI is InChI=1S/C32H39ClF3N7O2/c1-4-6-28(44)43-16-15-42(18-23(43)11-13-37)30-24-12-14-41(27-8-5-7-25(33)29(27)32(34,35)36)19-26(24)38-31(39-30)45-20-21-9-10-22(17-21)40(2)3/h4-8,21-23H,9-12,14-20H2,1-3H3/b6-4+/t21-,22+,23-/m0/s1. The first-order valence-electron chi connectivity index (χ1n) is 15.3. The summed E-state index contributed by atoms with van der Waals surface area (Å²) in [6, 6.07) is 6.75. The lowest BCUT2D eigenvalue weighted by atomic mass is 10.0. The number of piperazine rings is 1. The van der Waals surface area contributed by atoms with Crippen LogP contribution in [0.4, 0.5) is 24.7 Å². The predicted octanol–water partition coefficient (Wildman–Crippen LogP) is 5.33.